The minimum absolute atomic E-state index is 0. The van der Waals surface area contributed by atoms with Crippen molar-refractivity contribution in [3.05, 3.63) is 0 Å². The molecule has 0 saturated heterocycles. The summed E-state index contributed by atoms with van der Waals surface area (Å²) in [4.78, 5) is 20.9. The van der Waals surface area contributed by atoms with Crippen molar-refractivity contribution >= 4 is 12.1 Å². The van der Waals surface area contributed by atoms with Gasteiger partial charge in [0.1, 0.15) is 0 Å². The minimum atomic E-state index is -1.51. The molecule has 0 aromatic heterocycles. The summed E-state index contributed by atoms with van der Waals surface area (Å²) in [5, 5.41) is 8.18. The zero-order chi connectivity index (χ0) is 12.9. The first-order chi connectivity index (χ1) is 8.16. The molecule has 102 valence electrons. The SMILES string of the molecule is CCCCCCCCCCCC(=O)OC(=O)O.[Zn]. The van der Waals surface area contributed by atoms with E-state index in [1.165, 1.54) is 38.5 Å². The molecule has 0 aliphatic heterocycles. The second-order valence-electron chi connectivity index (χ2n) is 4.32. The Balaban J connectivity index is 0. The molecule has 0 atom stereocenters. The fourth-order valence-electron chi connectivity index (χ4n) is 1.73. The summed E-state index contributed by atoms with van der Waals surface area (Å²) >= 11 is 0. The molecular weight excluding hydrogens is 286 g/mol. The van der Waals surface area contributed by atoms with E-state index in [9.17, 15) is 9.59 Å². The van der Waals surface area contributed by atoms with E-state index in [0.29, 0.717) is 0 Å². The van der Waals surface area contributed by atoms with Crippen LogP contribution in [0.2, 0.25) is 0 Å². The van der Waals surface area contributed by atoms with E-state index < -0.39 is 12.1 Å². The molecule has 0 saturated carbocycles. The first-order valence-electron chi connectivity index (χ1n) is 6.60. The maximum Gasteiger partial charge on any atom is 0.513 e. The molecule has 0 amide bonds. The summed E-state index contributed by atoms with van der Waals surface area (Å²) in [6.45, 7) is 2.20. The molecule has 0 radical (unpaired) electrons. The van der Waals surface area contributed by atoms with Crippen molar-refractivity contribution in [3.63, 3.8) is 0 Å². The molecule has 0 aliphatic rings. The third kappa shape index (κ3) is 15.6. The molecule has 18 heavy (non-hydrogen) atoms. The van der Waals surface area contributed by atoms with Crippen LogP contribution in [-0.2, 0) is 29.0 Å². The number of hydrogen-bond donors (Lipinski definition) is 1. The third-order valence-electron chi connectivity index (χ3n) is 2.69. The molecule has 0 fully saturated rings. The van der Waals surface area contributed by atoms with Crippen LogP contribution in [0.5, 0.6) is 0 Å². The van der Waals surface area contributed by atoms with Crippen LogP contribution < -0.4 is 0 Å². The summed E-state index contributed by atoms with van der Waals surface area (Å²) in [6.07, 6.45) is 9.20. The molecule has 0 rings (SSSR count). The molecule has 1 N–H and O–H groups in total. The Hall–Kier alpha value is -0.437. The van der Waals surface area contributed by atoms with Gasteiger partial charge in [0.05, 0.1) is 0 Å². The van der Waals surface area contributed by atoms with E-state index in [4.69, 9.17) is 5.11 Å². The van der Waals surface area contributed by atoms with Gasteiger partial charge in [-0.1, -0.05) is 58.3 Å². The largest absolute Gasteiger partial charge is 0.513 e. The van der Waals surface area contributed by atoms with Crippen LogP contribution in [0.1, 0.15) is 71.1 Å². The number of rotatable bonds is 10. The van der Waals surface area contributed by atoms with Gasteiger partial charge in [-0.15, -0.1) is 0 Å². The van der Waals surface area contributed by atoms with Gasteiger partial charge in [-0.2, -0.15) is 0 Å². The average molecular weight is 310 g/mol. The Morgan fingerprint density at radius 2 is 1.33 bits per heavy atom. The predicted octanol–water partition coefficient (Wildman–Crippen LogP) is 4.13. The summed E-state index contributed by atoms with van der Waals surface area (Å²) in [6, 6.07) is 0. The van der Waals surface area contributed by atoms with Gasteiger partial charge in [0.15, 0.2) is 0 Å². The molecule has 0 bridgehead atoms. The smallest absolute Gasteiger partial charge is 0.449 e. The Bertz CT molecular complexity index is 219. The molecule has 5 heteroatoms. The summed E-state index contributed by atoms with van der Waals surface area (Å²) in [5.41, 5.74) is 0. The van der Waals surface area contributed by atoms with Crippen molar-refractivity contribution in [1.82, 2.24) is 0 Å². The number of unbranched alkanes of at least 4 members (excludes halogenated alkanes) is 8. The van der Waals surface area contributed by atoms with Crippen LogP contribution in [-0.4, -0.2) is 17.2 Å². The summed E-state index contributed by atoms with van der Waals surface area (Å²) in [7, 11) is 0. The normalized spacial score (nSPS) is 9.61. The van der Waals surface area contributed by atoms with Gasteiger partial charge in [0.25, 0.3) is 0 Å². The fourth-order valence-corrected chi connectivity index (χ4v) is 1.73. The van der Waals surface area contributed by atoms with Crippen LogP contribution in [0.15, 0.2) is 0 Å². The molecule has 4 nitrogen and oxygen atoms in total. The second-order valence-corrected chi connectivity index (χ2v) is 4.32. The van der Waals surface area contributed by atoms with Crippen molar-refractivity contribution < 1.29 is 38.9 Å². The molecule has 0 unspecified atom stereocenters. The zero-order valence-electron chi connectivity index (χ0n) is 11.5. The molecular formula is C13H24O4Zn. The molecule has 0 spiro atoms. The van der Waals surface area contributed by atoms with Crippen molar-refractivity contribution in [2.75, 3.05) is 0 Å². The van der Waals surface area contributed by atoms with E-state index in [0.717, 1.165) is 19.3 Å². The number of hydrogen-bond acceptors (Lipinski definition) is 3. The topological polar surface area (TPSA) is 63.6 Å². The number of carbonyl (C=O) groups excluding carboxylic acids is 1. The van der Waals surface area contributed by atoms with E-state index in [1.807, 2.05) is 0 Å². The quantitative estimate of drug-likeness (QED) is 0.285. The first-order valence-corrected chi connectivity index (χ1v) is 6.60. The van der Waals surface area contributed by atoms with Gasteiger partial charge < -0.3 is 9.84 Å². The average Bonchev–Trinajstić information content (AvgIpc) is 2.26. The summed E-state index contributed by atoms with van der Waals surface area (Å²) in [5.74, 6) is -0.638. The molecule has 0 heterocycles. The molecule has 0 aliphatic carbocycles. The minimum Gasteiger partial charge on any atom is -0.449 e. The summed E-state index contributed by atoms with van der Waals surface area (Å²) < 4.78 is 4.00. The standard InChI is InChI=1S/C13H24O4.Zn/c1-2-3-4-5-6-7-8-9-10-11-12(14)17-13(15)16;/h2-11H2,1H3,(H,15,16);. The Morgan fingerprint density at radius 1 is 0.889 bits per heavy atom. The number of esters is 1. The number of carboxylic acid groups (broad SMARTS) is 1. The number of ether oxygens (including phenoxy) is 1. The predicted molar refractivity (Wildman–Crippen MR) is 66.0 cm³/mol. The van der Waals surface area contributed by atoms with Gasteiger partial charge in [-0.05, 0) is 6.42 Å². The maximum atomic E-state index is 10.9. The van der Waals surface area contributed by atoms with E-state index in [2.05, 4.69) is 11.7 Å². The number of carbonyl (C=O) groups is 2. The van der Waals surface area contributed by atoms with Gasteiger partial charge in [-0.25, -0.2) is 4.79 Å². The van der Waals surface area contributed by atoms with Gasteiger partial charge in [0, 0.05) is 25.9 Å². The Labute approximate surface area is 122 Å². The van der Waals surface area contributed by atoms with Crippen molar-refractivity contribution in [3.8, 4) is 0 Å². The van der Waals surface area contributed by atoms with Crippen LogP contribution in [0.4, 0.5) is 4.79 Å². The van der Waals surface area contributed by atoms with E-state index >= 15 is 0 Å². The molecule has 0 aromatic rings. The Kier molecular flexibility index (Phi) is 16.2. The van der Waals surface area contributed by atoms with E-state index in [-0.39, 0.29) is 25.9 Å². The van der Waals surface area contributed by atoms with Crippen molar-refractivity contribution in [2.24, 2.45) is 0 Å². The Morgan fingerprint density at radius 3 is 1.78 bits per heavy atom. The van der Waals surface area contributed by atoms with Crippen LogP contribution in [0, 0.1) is 0 Å². The van der Waals surface area contributed by atoms with Gasteiger partial charge in [0.2, 0.25) is 0 Å². The van der Waals surface area contributed by atoms with Crippen molar-refractivity contribution in [1.29, 1.82) is 0 Å². The van der Waals surface area contributed by atoms with Crippen LogP contribution in [0.3, 0.4) is 0 Å². The zero-order valence-corrected chi connectivity index (χ0v) is 14.4. The van der Waals surface area contributed by atoms with E-state index in [1.54, 1.807) is 0 Å². The first kappa shape index (κ1) is 19.9. The maximum absolute atomic E-state index is 10.9. The fraction of sp³-hybridized carbons (Fsp3) is 0.846. The monoisotopic (exact) mass is 308 g/mol. The van der Waals surface area contributed by atoms with Gasteiger partial charge >= 0.3 is 12.1 Å². The second kappa shape index (κ2) is 14.6. The van der Waals surface area contributed by atoms with Crippen LogP contribution >= 0.6 is 0 Å². The van der Waals surface area contributed by atoms with Gasteiger partial charge in [-0.3, -0.25) is 4.79 Å². The molecule has 0 aromatic carbocycles. The third-order valence-corrected chi connectivity index (χ3v) is 2.69. The van der Waals surface area contributed by atoms with Crippen molar-refractivity contribution in [2.45, 2.75) is 71.1 Å². The van der Waals surface area contributed by atoms with Crippen LogP contribution in [0.25, 0.3) is 0 Å².